The van der Waals surface area contributed by atoms with E-state index in [4.69, 9.17) is 0 Å². The molecule has 1 saturated carbocycles. The maximum atomic E-state index is 11.3. The van der Waals surface area contributed by atoms with E-state index in [1.807, 2.05) is 0 Å². The van der Waals surface area contributed by atoms with Crippen molar-refractivity contribution < 1.29 is 29.7 Å². The molecule has 1 aliphatic rings. The summed E-state index contributed by atoms with van der Waals surface area (Å²) >= 11 is 0. The summed E-state index contributed by atoms with van der Waals surface area (Å²) in [6.07, 6.45) is -0.138. The predicted octanol–water partition coefficient (Wildman–Crippen LogP) is 1.05. The van der Waals surface area contributed by atoms with Crippen LogP contribution < -0.4 is 0 Å². The molecule has 1 aliphatic carbocycles. The molecule has 0 bridgehead atoms. The number of rotatable bonds is 3. The maximum Gasteiger partial charge on any atom is 0.321 e. The molecule has 0 saturated heterocycles. The molecule has 0 heterocycles. The van der Waals surface area contributed by atoms with E-state index in [0.29, 0.717) is 0 Å². The maximum absolute atomic E-state index is 11.3. The lowest BCUT2D eigenvalue weighted by molar-refractivity contribution is -0.178. The molecule has 17 heavy (non-hydrogen) atoms. The Balaban J connectivity index is 3.47. The molecule has 1 fully saturated rings. The van der Waals surface area contributed by atoms with Gasteiger partial charge in [-0.25, -0.2) is 0 Å². The van der Waals surface area contributed by atoms with E-state index in [0.717, 1.165) is 0 Å². The number of aliphatic carboxylic acids is 3. The first kappa shape index (κ1) is 13.5. The van der Waals surface area contributed by atoms with Gasteiger partial charge in [-0.15, -0.1) is 0 Å². The van der Waals surface area contributed by atoms with Crippen molar-refractivity contribution >= 4 is 17.9 Å². The number of carboxylic acid groups (broad SMARTS) is 3. The molecule has 6 nitrogen and oxygen atoms in total. The van der Waals surface area contributed by atoms with E-state index >= 15 is 0 Å². The Morgan fingerprint density at radius 3 is 1.41 bits per heavy atom. The van der Waals surface area contributed by atoms with Gasteiger partial charge >= 0.3 is 17.9 Å². The third kappa shape index (κ3) is 1.29. The van der Waals surface area contributed by atoms with Gasteiger partial charge in [-0.3, -0.25) is 14.4 Å². The highest BCUT2D eigenvalue weighted by molar-refractivity contribution is 6.01. The molecule has 3 N–H and O–H groups in total. The lowest BCUT2D eigenvalue weighted by Crippen LogP contribution is -2.53. The average molecular weight is 244 g/mol. The van der Waals surface area contributed by atoms with Crippen molar-refractivity contribution in [1.82, 2.24) is 0 Å². The minimum Gasteiger partial charge on any atom is -0.481 e. The van der Waals surface area contributed by atoms with E-state index < -0.39 is 34.2 Å². The fraction of sp³-hybridized carbons (Fsp3) is 0.727. The van der Waals surface area contributed by atoms with Crippen LogP contribution in [0.5, 0.6) is 0 Å². The van der Waals surface area contributed by atoms with Gasteiger partial charge in [-0.2, -0.15) is 0 Å². The highest BCUT2D eigenvalue weighted by atomic mass is 16.4. The summed E-state index contributed by atoms with van der Waals surface area (Å²) in [5.74, 6) is -4.10. The average Bonchev–Trinajstić information content (AvgIpc) is 2.36. The van der Waals surface area contributed by atoms with Crippen molar-refractivity contribution in [2.75, 3.05) is 0 Å². The Labute approximate surface area is 98.3 Å². The van der Waals surface area contributed by atoms with Crippen LogP contribution in [-0.2, 0) is 14.4 Å². The van der Waals surface area contributed by atoms with Gasteiger partial charge in [0.05, 0.1) is 5.41 Å². The molecule has 6 heteroatoms. The van der Waals surface area contributed by atoms with Gasteiger partial charge in [0.15, 0.2) is 5.41 Å². The third-order valence-electron chi connectivity index (χ3n) is 4.65. The monoisotopic (exact) mass is 244 g/mol. The molecule has 96 valence electrons. The van der Waals surface area contributed by atoms with Crippen LogP contribution in [-0.4, -0.2) is 33.2 Å². The zero-order valence-corrected chi connectivity index (χ0v) is 9.98. The van der Waals surface area contributed by atoms with Crippen molar-refractivity contribution in [3.05, 3.63) is 0 Å². The summed E-state index contributed by atoms with van der Waals surface area (Å²) < 4.78 is 0. The minimum absolute atomic E-state index is 0.0356. The van der Waals surface area contributed by atoms with Crippen LogP contribution in [0.25, 0.3) is 0 Å². The molecule has 0 aromatic heterocycles. The first-order chi connectivity index (χ1) is 7.54. The van der Waals surface area contributed by atoms with Gasteiger partial charge in [0.1, 0.15) is 0 Å². The van der Waals surface area contributed by atoms with Crippen LogP contribution in [0.4, 0.5) is 0 Å². The number of hydrogen-bond acceptors (Lipinski definition) is 3. The molecule has 1 unspecified atom stereocenters. The Kier molecular flexibility index (Phi) is 2.73. The van der Waals surface area contributed by atoms with Crippen molar-refractivity contribution in [1.29, 1.82) is 0 Å². The fourth-order valence-electron chi connectivity index (χ4n) is 2.75. The normalized spacial score (nSPS) is 29.8. The SMILES string of the molecule is CC1(C(=O)O)CCC(C(=O)O)(C(=O)O)C1(C)C. The second-order valence-corrected chi connectivity index (χ2v) is 5.28. The van der Waals surface area contributed by atoms with Crippen molar-refractivity contribution in [2.45, 2.75) is 33.6 Å². The lowest BCUT2D eigenvalue weighted by atomic mass is 9.58. The zero-order valence-electron chi connectivity index (χ0n) is 9.98. The molecule has 0 amide bonds. The molecule has 1 rings (SSSR count). The number of carbonyl (C=O) groups is 3. The van der Waals surface area contributed by atoms with Crippen molar-refractivity contribution in [2.24, 2.45) is 16.2 Å². The second-order valence-electron chi connectivity index (χ2n) is 5.28. The van der Waals surface area contributed by atoms with E-state index in [1.165, 1.54) is 20.8 Å². The summed E-state index contributed by atoms with van der Waals surface area (Å²) in [6, 6.07) is 0. The standard InChI is InChI=1S/C11H16O6/c1-9(2)10(3,6(12)13)4-5-11(9,7(14)15)8(16)17/h4-5H2,1-3H3,(H,12,13)(H,14,15)(H,16,17). The van der Waals surface area contributed by atoms with Gasteiger partial charge in [-0.1, -0.05) is 13.8 Å². The summed E-state index contributed by atoms with van der Waals surface area (Å²) in [5, 5.41) is 27.6. The zero-order chi connectivity index (χ0) is 13.6. The van der Waals surface area contributed by atoms with Gasteiger partial charge in [0, 0.05) is 5.41 Å². The van der Waals surface area contributed by atoms with E-state index in [1.54, 1.807) is 0 Å². The first-order valence-corrected chi connectivity index (χ1v) is 5.24. The first-order valence-electron chi connectivity index (χ1n) is 5.24. The second kappa shape index (κ2) is 3.45. The predicted molar refractivity (Wildman–Crippen MR) is 56.5 cm³/mol. The van der Waals surface area contributed by atoms with Crippen LogP contribution in [0.15, 0.2) is 0 Å². The molecule has 1 atom stereocenters. The van der Waals surface area contributed by atoms with E-state index in [-0.39, 0.29) is 12.8 Å². The van der Waals surface area contributed by atoms with Gasteiger partial charge < -0.3 is 15.3 Å². The number of hydrogen-bond donors (Lipinski definition) is 3. The van der Waals surface area contributed by atoms with Crippen molar-refractivity contribution in [3.8, 4) is 0 Å². The van der Waals surface area contributed by atoms with Crippen LogP contribution in [0.2, 0.25) is 0 Å². The smallest absolute Gasteiger partial charge is 0.321 e. The minimum atomic E-state index is -2.04. The molecule has 0 aliphatic heterocycles. The van der Waals surface area contributed by atoms with E-state index in [2.05, 4.69) is 0 Å². The van der Waals surface area contributed by atoms with Gasteiger partial charge in [0.2, 0.25) is 0 Å². The van der Waals surface area contributed by atoms with E-state index in [9.17, 15) is 29.7 Å². The fourth-order valence-corrected chi connectivity index (χ4v) is 2.75. The van der Waals surface area contributed by atoms with Crippen molar-refractivity contribution in [3.63, 3.8) is 0 Å². The summed E-state index contributed by atoms with van der Waals surface area (Å²) in [6.45, 7) is 4.20. The topological polar surface area (TPSA) is 112 Å². The quantitative estimate of drug-likeness (QED) is 0.640. The van der Waals surface area contributed by atoms with Gasteiger partial charge in [0.25, 0.3) is 0 Å². The Morgan fingerprint density at radius 2 is 1.24 bits per heavy atom. The van der Waals surface area contributed by atoms with Crippen LogP contribution in [0, 0.1) is 16.2 Å². The van der Waals surface area contributed by atoms with Crippen LogP contribution in [0.3, 0.4) is 0 Å². The van der Waals surface area contributed by atoms with Gasteiger partial charge in [-0.05, 0) is 19.8 Å². The molecular formula is C11H16O6. The highest BCUT2D eigenvalue weighted by Crippen LogP contribution is 2.63. The Morgan fingerprint density at radius 1 is 0.824 bits per heavy atom. The summed E-state index contributed by atoms with van der Waals surface area (Å²) in [7, 11) is 0. The molecule has 0 spiro atoms. The van der Waals surface area contributed by atoms with Crippen LogP contribution in [0.1, 0.15) is 33.6 Å². The lowest BCUT2D eigenvalue weighted by Gasteiger charge is -2.41. The Hall–Kier alpha value is -1.59. The summed E-state index contributed by atoms with van der Waals surface area (Å²) in [4.78, 5) is 33.9. The van der Waals surface area contributed by atoms with Crippen LogP contribution >= 0.6 is 0 Å². The Bertz CT molecular complexity index is 383. The molecule has 0 aromatic carbocycles. The number of carboxylic acids is 3. The molecule has 0 aromatic rings. The largest absolute Gasteiger partial charge is 0.481 e. The molecule has 0 radical (unpaired) electrons. The third-order valence-corrected chi connectivity index (χ3v) is 4.65. The molecular weight excluding hydrogens is 228 g/mol. The highest BCUT2D eigenvalue weighted by Gasteiger charge is 2.71. The summed E-state index contributed by atoms with van der Waals surface area (Å²) in [5.41, 5.74) is -4.77.